The minimum absolute atomic E-state index is 0.0740. The third-order valence-electron chi connectivity index (χ3n) is 2.35. The van der Waals surface area contributed by atoms with E-state index >= 15 is 0 Å². The van der Waals surface area contributed by atoms with Crippen molar-refractivity contribution in [3.05, 3.63) is 0 Å². The second-order valence-corrected chi connectivity index (χ2v) is 5.70. The van der Waals surface area contributed by atoms with Crippen LogP contribution in [0, 0.1) is 5.92 Å². The van der Waals surface area contributed by atoms with Crippen LogP contribution in [0.2, 0.25) is 0 Å². The minimum Gasteiger partial charge on any atom is -0.465 e. The first-order valence-electron chi connectivity index (χ1n) is 5.58. The quantitative estimate of drug-likeness (QED) is 0.391. The summed E-state index contributed by atoms with van der Waals surface area (Å²) in [4.78, 5) is 28.4. The number of carbonyl (C=O) groups excluding carboxylic acids is 1. The Hall–Kier alpha value is -0.380. The van der Waals surface area contributed by atoms with Gasteiger partial charge in [0.2, 0.25) is 0 Å². The molecule has 5 nitrogen and oxygen atoms in total. The van der Waals surface area contributed by atoms with E-state index < -0.39 is 7.60 Å². The zero-order valence-corrected chi connectivity index (χ0v) is 10.8. The molecule has 0 aromatic carbocycles. The van der Waals surface area contributed by atoms with E-state index in [2.05, 4.69) is 0 Å². The fraction of sp³-hybridized carbons (Fsp3) is 0.900. The second kappa shape index (κ2) is 7.82. The lowest BCUT2D eigenvalue weighted by atomic mass is 10.1. The fourth-order valence-corrected chi connectivity index (χ4v) is 1.71. The predicted molar refractivity (Wildman–Crippen MR) is 61.2 cm³/mol. The highest BCUT2D eigenvalue weighted by Crippen LogP contribution is 2.35. The average Bonchev–Trinajstić information content (AvgIpc) is 2.20. The molecule has 1 atom stereocenters. The van der Waals surface area contributed by atoms with E-state index in [-0.39, 0.29) is 18.0 Å². The zero-order valence-electron chi connectivity index (χ0n) is 9.89. The average molecular weight is 252 g/mol. The van der Waals surface area contributed by atoms with Gasteiger partial charge in [-0.1, -0.05) is 13.8 Å². The van der Waals surface area contributed by atoms with Gasteiger partial charge in [0.15, 0.2) is 0 Å². The molecule has 0 fully saturated rings. The standard InChI is InChI=1S/C10H21O5P/c1-3-9(2)10(11)15-7-5-4-6-8-16(12,13)14/h9H,3-8H2,1-2H3,(H2,12,13,14). The van der Waals surface area contributed by atoms with Gasteiger partial charge in [-0.15, -0.1) is 0 Å². The van der Waals surface area contributed by atoms with Gasteiger partial charge < -0.3 is 14.5 Å². The van der Waals surface area contributed by atoms with Crippen LogP contribution in [0.3, 0.4) is 0 Å². The highest BCUT2D eigenvalue weighted by atomic mass is 31.2. The molecule has 0 saturated carbocycles. The van der Waals surface area contributed by atoms with Gasteiger partial charge in [-0.05, 0) is 25.7 Å². The number of rotatable bonds is 8. The van der Waals surface area contributed by atoms with E-state index in [9.17, 15) is 9.36 Å². The van der Waals surface area contributed by atoms with Crippen molar-refractivity contribution in [1.82, 2.24) is 0 Å². The third kappa shape index (κ3) is 8.89. The van der Waals surface area contributed by atoms with Crippen molar-refractivity contribution < 1.29 is 23.9 Å². The number of carbonyl (C=O) groups is 1. The summed E-state index contributed by atoms with van der Waals surface area (Å²) in [6.07, 6.45) is 2.45. The van der Waals surface area contributed by atoms with Crippen molar-refractivity contribution in [1.29, 1.82) is 0 Å². The van der Waals surface area contributed by atoms with Crippen LogP contribution in [0.4, 0.5) is 0 Å². The van der Waals surface area contributed by atoms with Crippen LogP contribution in [0.15, 0.2) is 0 Å². The number of hydrogen-bond acceptors (Lipinski definition) is 3. The molecule has 0 aromatic heterocycles. The van der Waals surface area contributed by atoms with Crippen molar-refractivity contribution >= 4 is 13.6 Å². The molecular weight excluding hydrogens is 231 g/mol. The van der Waals surface area contributed by atoms with Gasteiger partial charge in [-0.25, -0.2) is 0 Å². The van der Waals surface area contributed by atoms with E-state index in [0.717, 1.165) is 6.42 Å². The smallest absolute Gasteiger partial charge is 0.325 e. The van der Waals surface area contributed by atoms with Crippen LogP contribution >= 0.6 is 7.60 Å². The summed E-state index contributed by atoms with van der Waals surface area (Å²) in [5.41, 5.74) is 0. The van der Waals surface area contributed by atoms with Crippen molar-refractivity contribution in [2.45, 2.75) is 39.5 Å². The molecule has 96 valence electrons. The molecule has 0 saturated heterocycles. The number of unbranched alkanes of at least 4 members (excludes halogenated alkanes) is 2. The number of hydrogen-bond donors (Lipinski definition) is 2. The summed E-state index contributed by atoms with van der Waals surface area (Å²) in [5, 5.41) is 0. The molecule has 0 radical (unpaired) electrons. The summed E-state index contributed by atoms with van der Waals surface area (Å²) in [6.45, 7) is 4.08. The SMILES string of the molecule is CCC(C)C(=O)OCCCCCP(=O)(O)O. The summed E-state index contributed by atoms with van der Waals surface area (Å²) < 4.78 is 15.5. The van der Waals surface area contributed by atoms with Crippen LogP contribution < -0.4 is 0 Å². The Morgan fingerprint density at radius 3 is 2.44 bits per heavy atom. The van der Waals surface area contributed by atoms with Gasteiger partial charge in [0.05, 0.1) is 12.5 Å². The maximum Gasteiger partial charge on any atom is 0.325 e. The minimum atomic E-state index is -3.86. The van der Waals surface area contributed by atoms with E-state index in [0.29, 0.717) is 25.9 Å². The van der Waals surface area contributed by atoms with Crippen molar-refractivity contribution in [2.75, 3.05) is 12.8 Å². The molecule has 6 heteroatoms. The normalized spacial score (nSPS) is 13.5. The van der Waals surface area contributed by atoms with Gasteiger partial charge in [0.25, 0.3) is 0 Å². The maximum atomic E-state index is 11.2. The fourth-order valence-electron chi connectivity index (χ4n) is 1.08. The van der Waals surface area contributed by atoms with Crippen LogP contribution in [0.1, 0.15) is 39.5 Å². The van der Waals surface area contributed by atoms with Gasteiger partial charge >= 0.3 is 13.6 Å². The Labute approximate surface area is 96.4 Å². The second-order valence-electron chi connectivity index (χ2n) is 3.93. The molecule has 0 aliphatic carbocycles. The molecule has 1 unspecified atom stereocenters. The van der Waals surface area contributed by atoms with Crippen LogP contribution in [0.5, 0.6) is 0 Å². The molecule has 0 spiro atoms. The predicted octanol–water partition coefficient (Wildman–Crippen LogP) is 1.92. The molecule has 0 aromatic rings. The summed E-state index contributed by atoms with van der Waals surface area (Å²) in [6, 6.07) is 0. The lowest BCUT2D eigenvalue weighted by Gasteiger charge is -2.09. The Balaban J connectivity index is 3.41. The van der Waals surface area contributed by atoms with Crippen LogP contribution in [0.25, 0.3) is 0 Å². The largest absolute Gasteiger partial charge is 0.465 e. The molecule has 16 heavy (non-hydrogen) atoms. The Kier molecular flexibility index (Phi) is 7.64. The van der Waals surface area contributed by atoms with E-state index in [1.165, 1.54) is 0 Å². The summed E-state index contributed by atoms with van der Waals surface area (Å²) >= 11 is 0. The molecule has 2 N–H and O–H groups in total. The lowest BCUT2D eigenvalue weighted by molar-refractivity contribution is -0.148. The van der Waals surface area contributed by atoms with Gasteiger partial charge in [-0.3, -0.25) is 9.36 Å². The lowest BCUT2D eigenvalue weighted by Crippen LogP contribution is -2.14. The third-order valence-corrected chi connectivity index (χ3v) is 3.25. The molecule has 0 heterocycles. The first kappa shape index (κ1) is 15.6. The molecular formula is C10H21O5P. The first-order chi connectivity index (χ1) is 7.37. The van der Waals surface area contributed by atoms with E-state index in [4.69, 9.17) is 14.5 Å². The van der Waals surface area contributed by atoms with Crippen LogP contribution in [-0.2, 0) is 14.1 Å². The molecule has 0 rings (SSSR count). The maximum absolute atomic E-state index is 11.2. The topological polar surface area (TPSA) is 83.8 Å². The zero-order chi connectivity index (χ0) is 12.6. The Bertz CT molecular complexity index is 248. The summed E-state index contributed by atoms with van der Waals surface area (Å²) in [7, 11) is -3.86. The Morgan fingerprint density at radius 1 is 1.31 bits per heavy atom. The highest BCUT2D eigenvalue weighted by molar-refractivity contribution is 7.51. The number of ether oxygens (including phenoxy) is 1. The van der Waals surface area contributed by atoms with Crippen LogP contribution in [-0.4, -0.2) is 28.5 Å². The van der Waals surface area contributed by atoms with Crippen molar-refractivity contribution in [2.24, 2.45) is 5.92 Å². The van der Waals surface area contributed by atoms with Gasteiger partial charge in [0, 0.05) is 6.16 Å². The molecule has 0 aliphatic heterocycles. The van der Waals surface area contributed by atoms with Gasteiger partial charge in [-0.2, -0.15) is 0 Å². The Morgan fingerprint density at radius 2 is 1.94 bits per heavy atom. The molecule has 0 bridgehead atoms. The van der Waals surface area contributed by atoms with E-state index in [1.807, 2.05) is 13.8 Å². The highest BCUT2D eigenvalue weighted by Gasteiger charge is 2.12. The van der Waals surface area contributed by atoms with Crippen molar-refractivity contribution in [3.8, 4) is 0 Å². The van der Waals surface area contributed by atoms with Crippen molar-refractivity contribution in [3.63, 3.8) is 0 Å². The molecule has 0 aliphatic rings. The molecule has 0 amide bonds. The summed E-state index contributed by atoms with van der Waals surface area (Å²) in [5.74, 6) is -0.271. The monoisotopic (exact) mass is 252 g/mol. The van der Waals surface area contributed by atoms with E-state index in [1.54, 1.807) is 0 Å². The number of esters is 1. The van der Waals surface area contributed by atoms with Gasteiger partial charge in [0.1, 0.15) is 0 Å². The first-order valence-corrected chi connectivity index (χ1v) is 7.37.